The van der Waals surface area contributed by atoms with Crippen LogP contribution < -0.4 is 0 Å². The summed E-state index contributed by atoms with van der Waals surface area (Å²) in [6, 6.07) is 0. The van der Waals surface area contributed by atoms with Gasteiger partial charge in [-0.15, -0.1) is 0 Å². The van der Waals surface area contributed by atoms with Crippen molar-refractivity contribution in [1.29, 1.82) is 0 Å². The maximum absolute atomic E-state index is 11.8. The Morgan fingerprint density at radius 1 is 1.06 bits per heavy atom. The maximum atomic E-state index is 11.8. The Morgan fingerprint density at radius 2 is 1.88 bits per heavy atom. The molecule has 17 heavy (non-hydrogen) atoms. The van der Waals surface area contributed by atoms with Crippen LogP contribution >= 0.6 is 0 Å². The average molecular weight is 241 g/mol. The van der Waals surface area contributed by atoms with Crippen molar-refractivity contribution in [2.75, 3.05) is 26.5 Å². The number of hydrogen-bond acceptors (Lipinski definition) is 2. The van der Waals surface area contributed by atoms with Gasteiger partial charge in [0, 0.05) is 0 Å². The molecule has 0 N–H and O–H groups in total. The lowest BCUT2D eigenvalue weighted by molar-refractivity contribution is -0.104. The van der Waals surface area contributed by atoms with Gasteiger partial charge in [0.2, 0.25) is 0 Å². The first-order chi connectivity index (χ1) is 8.42. The fraction of sp³-hybridized carbons (Fsp3) is 0.857. The second kappa shape index (κ2) is 7.12. The standard InChI is InChI=1S/C14H23FO2/c15-7-8-16-9-10-17-14-11-12-5-3-1-2-4-6-13(12)14/h1-2,12-14H,3-11H2/b2-1+/t12-,13-,14+/m1/s1/i15-1. The molecule has 2 nitrogen and oxygen atoms in total. The van der Waals surface area contributed by atoms with Gasteiger partial charge >= 0.3 is 0 Å². The van der Waals surface area contributed by atoms with Gasteiger partial charge in [-0.25, -0.2) is 4.39 Å². The quantitative estimate of drug-likeness (QED) is 0.525. The van der Waals surface area contributed by atoms with E-state index in [-0.39, 0.29) is 6.61 Å². The normalized spacial score (nSPS) is 34.3. The molecular weight excluding hydrogens is 218 g/mol. The number of fused-ring (bicyclic) bond motifs is 1. The summed E-state index contributed by atoms with van der Waals surface area (Å²) in [5.41, 5.74) is 0. The van der Waals surface area contributed by atoms with Crippen molar-refractivity contribution in [3.8, 4) is 0 Å². The van der Waals surface area contributed by atoms with E-state index in [1.165, 1.54) is 32.1 Å². The van der Waals surface area contributed by atoms with E-state index in [4.69, 9.17) is 9.47 Å². The van der Waals surface area contributed by atoms with Gasteiger partial charge < -0.3 is 9.47 Å². The molecule has 3 atom stereocenters. The molecule has 0 aromatic rings. The molecule has 0 saturated heterocycles. The third-order valence-electron chi connectivity index (χ3n) is 3.94. The minimum Gasteiger partial charge on any atom is -0.376 e. The van der Waals surface area contributed by atoms with Crippen molar-refractivity contribution in [2.45, 2.75) is 38.2 Å². The summed E-state index contributed by atoms with van der Waals surface area (Å²) < 4.78 is 22.7. The Kier molecular flexibility index (Phi) is 5.46. The Bertz CT molecular complexity index is 242. The molecule has 0 bridgehead atoms. The van der Waals surface area contributed by atoms with Crippen LogP contribution in [-0.2, 0) is 9.47 Å². The summed E-state index contributed by atoms with van der Waals surface area (Å²) in [7, 11) is 0. The van der Waals surface area contributed by atoms with E-state index in [0.29, 0.717) is 19.3 Å². The lowest BCUT2D eigenvalue weighted by Crippen LogP contribution is -2.43. The summed E-state index contributed by atoms with van der Waals surface area (Å²) in [5, 5.41) is 0. The third kappa shape index (κ3) is 3.78. The predicted octanol–water partition coefficient (Wildman–Crippen LogP) is 3.12. The van der Waals surface area contributed by atoms with E-state index < -0.39 is 6.67 Å². The van der Waals surface area contributed by atoms with Gasteiger partial charge in [0.1, 0.15) is 6.67 Å². The van der Waals surface area contributed by atoms with Crippen LogP contribution in [0.5, 0.6) is 0 Å². The molecule has 0 heterocycles. The molecule has 2 rings (SSSR count). The van der Waals surface area contributed by atoms with E-state index in [1.54, 1.807) is 0 Å². The average Bonchev–Trinajstić information content (AvgIpc) is 2.30. The highest BCUT2D eigenvalue weighted by atomic mass is 18.2. The van der Waals surface area contributed by atoms with Crippen LogP contribution in [0, 0.1) is 11.8 Å². The molecule has 0 aromatic carbocycles. The zero-order valence-corrected chi connectivity index (χ0v) is 10.4. The lowest BCUT2D eigenvalue weighted by atomic mass is 9.66. The molecule has 0 aliphatic heterocycles. The lowest BCUT2D eigenvalue weighted by Gasteiger charge is -2.45. The topological polar surface area (TPSA) is 18.5 Å². The summed E-state index contributed by atoms with van der Waals surface area (Å²) in [6.45, 7) is 0.937. The molecule has 0 spiro atoms. The van der Waals surface area contributed by atoms with Crippen molar-refractivity contribution >= 4 is 0 Å². The Hall–Kier alpha value is -0.410. The first-order valence-corrected chi connectivity index (χ1v) is 6.82. The predicted molar refractivity (Wildman–Crippen MR) is 65.7 cm³/mol. The molecular formula is C14H23FO2. The van der Waals surface area contributed by atoms with Gasteiger partial charge in [0.25, 0.3) is 0 Å². The van der Waals surface area contributed by atoms with Gasteiger partial charge in [0.15, 0.2) is 0 Å². The monoisotopic (exact) mass is 241 g/mol. The summed E-state index contributed by atoms with van der Waals surface area (Å²) in [4.78, 5) is 0. The first-order valence-electron chi connectivity index (χ1n) is 6.82. The molecule has 98 valence electrons. The van der Waals surface area contributed by atoms with Crippen molar-refractivity contribution in [2.24, 2.45) is 11.8 Å². The Balaban J connectivity index is 1.61. The number of ether oxygens (including phenoxy) is 2. The Labute approximate surface area is 103 Å². The zero-order chi connectivity index (χ0) is 11.9. The minimum atomic E-state index is -0.402. The summed E-state index contributed by atoms with van der Waals surface area (Å²) in [6.07, 6.45) is 11.3. The van der Waals surface area contributed by atoms with E-state index in [0.717, 1.165) is 11.8 Å². The summed E-state index contributed by atoms with van der Waals surface area (Å²) >= 11 is 0. The van der Waals surface area contributed by atoms with Crippen LogP contribution in [0.3, 0.4) is 0 Å². The van der Waals surface area contributed by atoms with Crippen LogP contribution in [0.4, 0.5) is 4.39 Å². The second-order valence-electron chi connectivity index (χ2n) is 5.00. The van der Waals surface area contributed by atoms with Crippen molar-refractivity contribution < 1.29 is 13.9 Å². The third-order valence-corrected chi connectivity index (χ3v) is 3.94. The molecule has 0 radical (unpaired) electrons. The Morgan fingerprint density at radius 3 is 2.71 bits per heavy atom. The molecule has 2 aliphatic rings. The van der Waals surface area contributed by atoms with Crippen LogP contribution in [0.25, 0.3) is 0 Å². The van der Waals surface area contributed by atoms with Gasteiger partial charge in [-0.3, -0.25) is 0 Å². The fourth-order valence-electron chi connectivity index (χ4n) is 2.95. The molecule has 3 heteroatoms. The van der Waals surface area contributed by atoms with E-state index in [2.05, 4.69) is 12.2 Å². The number of alkyl halides is 1. The maximum Gasteiger partial charge on any atom is 0.113 e. The van der Waals surface area contributed by atoms with Crippen LogP contribution in [-0.4, -0.2) is 32.6 Å². The van der Waals surface area contributed by atoms with Crippen LogP contribution in [0.2, 0.25) is 0 Å². The van der Waals surface area contributed by atoms with Crippen molar-refractivity contribution in [3.05, 3.63) is 12.2 Å². The van der Waals surface area contributed by atoms with E-state index in [1.807, 2.05) is 0 Å². The van der Waals surface area contributed by atoms with E-state index in [9.17, 15) is 4.39 Å². The number of allylic oxidation sites excluding steroid dienone is 2. The SMILES string of the molecule is [18F]CCOCCO[C@H]1C[C@H]2CC/C=C/CC[C@H]21. The molecule has 1 saturated carbocycles. The highest BCUT2D eigenvalue weighted by molar-refractivity contribution is 4.96. The van der Waals surface area contributed by atoms with Crippen LogP contribution in [0.15, 0.2) is 12.2 Å². The zero-order valence-electron chi connectivity index (χ0n) is 10.4. The molecule has 0 aromatic heterocycles. The number of halogens is 1. The first kappa shape index (κ1) is 13.0. The number of hydrogen-bond donors (Lipinski definition) is 0. The van der Waals surface area contributed by atoms with Crippen molar-refractivity contribution in [3.63, 3.8) is 0 Å². The highest BCUT2D eigenvalue weighted by Crippen LogP contribution is 2.43. The molecule has 2 aliphatic carbocycles. The van der Waals surface area contributed by atoms with Crippen LogP contribution in [0.1, 0.15) is 32.1 Å². The minimum absolute atomic E-state index is 0.199. The molecule has 0 amide bonds. The smallest absolute Gasteiger partial charge is 0.113 e. The summed E-state index contributed by atoms with van der Waals surface area (Å²) in [5.74, 6) is 1.62. The second-order valence-corrected chi connectivity index (χ2v) is 5.00. The molecule has 0 unspecified atom stereocenters. The highest BCUT2D eigenvalue weighted by Gasteiger charge is 2.40. The van der Waals surface area contributed by atoms with Gasteiger partial charge in [-0.1, -0.05) is 12.2 Å². The number of rotatable bonds is 6. The van der Waals surface area contributed by atoms with E-state index >= 15 is 0 Å². The van der Waals surface area contributed by atoms with Gasteiger partial charge in [-0.2, -0.15) is 0 Å². The largest absolute Gasteiger partial charge is 0.376 e. The van der Waals surface area contributed by atoms with Crippen molar-refractivity contribution in [1.82, 2.24) is 0 Å². The fourth-order valence-corrected chi connectivity index (χ4v) is 2.95. The van der Waals surface area contributed by atoms with Gasteiger partial charge in [0.05, 0.1) is 25.9 Å². The van der Waals surface area contributed by atoms with Gasteiger partial charge in [-0.05, 0) is 43.9 Å². The molecule has 1 fully saturated rings.